The topological polar surface area (TPSA) is 97.4 Å². The van der Waals surface area contributed by atoms with Gasteiger partial charge in [-0.05, 0) is 22.3 Å². The first-order chi connectivity index (χ1) is 22.8. The van der Waals surface area contributed by atoms with Gasteiger partial charge in [-0.1, -0.05) is 161 Å². The monoisotopic (exact) mass is 930 g/mol. The predicted octanol–water partition coefficient (Wildman–Crippen LogP) is 11.1. The van der Waals surface area contributed by atoms with Crippen molar-refractivity contribution >= 4 is 79.5 Å². The van der Waals surface area contributed by atoms with E-state index in [-0.39, 0.29) is 0 Å². The minimum absolute atomic E-state index is 0.672. The van der Waals surface area contributed by atoms with Crippen molar-refractivity contribution in [2.75, 3.05) is 0 Å². The fraction of sp³-hybridized carbons (Fsp3) is 0.152. The highest BCUT2D eigenvalue weighted by Crippen LogP contribution is 2.26. The van der Waals surface area contributed by atoms with Crippen LogP contribution in [0.5, 0.6) is 0 Å². The molecule has 4 aromatic carbocycles. The van der Waals surface area contributed by atoms with Crippen LogP contribution in [-0.2, 0) is 31.4 Å². The number of alkyl halides is 7. The number of rotatable bonds is 7. The first kappa shape index (κ1) is 39.4. The average molecular weight is 934 g/mol. The Labute approximate surface area is 310 Å². The third kappa shape index (κ3) is 11.9. The minimum atomic E-state index is -5.84. The third-order valence-corrected chi connectivity index (χ3v) is 9.42. The lowest BCUT2D eigenvalue weighted by Gasteiger charge is -2.09. The minimum Gasteiger partial charge on any atom is -0.279 e. The molecule has 7 nitrogen and oxygen atoms in total. The second-order valence-electron chi connectivity index (χ2n) is 9.63. The van der Waals surface area contributed by atoms with Crippen molar-refractivity contribution in [3.05, 3.63) is 131 Å². The Morgan fingerprint density at radius 3 is 0.979 bits per heavy atom. The van der Waals surface area contributed by atoms with Crippen LogP contribution in [0.4, 0.5) is 18.9 Å². The molecular weight excluding hydrogens is 909 g/mol. The van der Waals surface area contributed by atoms with Crippen LogP contribution in [0.1, 0.15) is 22.3 Å². The van der Waals surface area contributed by atoms with Gasteiger partial charge in [-0.15, -0.1) is 0 Å². The van der Waals surface area contributed by atoms with E-state index in [0.717, 1.165) is 38.0 Å². The first-order valence-corrected chi connectivity index (χ1v) is 19.5. The Morgan fingerprint density at radius 1 is 0.562 bits per heavy atom. The van der Waals surface area contributed by atoms with Crippen molar-refractivity contribution in [1.82, 2.24) is 15.0 Å². The summed E-state index contributed by atoms with van der Waals surface area (Å²) >= 11 is 13.8. The lowest BCUT2D eigenvalue weighted by molar-refractivity contribution is -0.0510. The molecule has 15 heteroatoms. The highest BCUT2D eigenvalue weighted by Gasteiger charge is 2.44. The largest absolute Gasteiger partial charge is 0.522 e. The van der Waals surface area contributed by atoms with E-state index in [2.05, 4.69) is 141 Å². The fourth-order valence-electron chi connectivity index (χ4n) is 3.65. The van der Waals surface area contributed by atoms with Crippen LogP contribution in [0, 0.1) is 6.57 Å². The van der Waals surface area contributed by atoms with Crippen LogP contribution in [-0.4, -0.2) is 33.4 Å². The van der Waals surface area contributed by atoms with Crippen molar-refractivity contribution in [3.8, 4) is 34.2 Å². The second kappa shape index (κ2) is 18.7. The Kier molecular flexibility index (Phi) is 15.3. The molecular formula is C33H25Br4F3N4O3S. The van der Waals surface area contributed by atoms with Gasteiger partial charge in [0.1, 0.15) is 0 Å². The van der Waals surface area contributed by atoms with Gasteiger partial charge in [-0.2, -0.15) is 21.6 Å². The van der Waals surface area contributed by atoms with E-state index in [1.807, 2.05) is 24.3 Å². The Bertz CT molecular complexity index is 1760. The van der Waals surface area contributed by atoms with Gasteiger partial charge in [-0.3, -0.25) is 4.55 Å². The van der Waals surface area contributed by atoms with Gasteiger partial charge >= 0.3 is 15.6 Å². The molecule has 1 N–H and O–H groups in total. The van der Waals surface area contributed by atoms with Crippen molar-refractivity contribution in [3.63, 3.8) is 0 Å². The molecule has 0 bridgehead atoms. The maximum absolute atomic E-state index is 10.7. The molecule has 5 rings (SSSR count). The summed E-state index contributed by atoms with van der Waals surface area (Å²) in [6.07, 6.45) is 0. The standard InChI is InChI=1S/C24H18Br3N3.C8H6BrN.CHF3O3S/c25-13-16-1-7-19(8-2-16)22-28-23(20-9-3-17(14-26)4-10-20)30-24(29-22)21-11-5-18(15-27)6-12-21;1-10-8-4-2-7(6-9)3-5-8;2-1(3,4)8(5,6)7/h1-12H,13-15H2;2-5H,6H2;(H,5,6,7). The molecule has 0 saturated heterocycles. The Balaban J connectivity index is 0.000000284. The van der Waals surface area contributed by atoms with E-state index < -0.39 is 15.6 Å². The van der Waals surface area contributed by atoms with Crippen LogP contribution in [0.3, 0.4) is 0 Å². The molecule has 0 atom stereocenters. The molecule has 0 saturated carbocycles. The number of hydrogen-bond acceptors (Lipinski definition) is 5. The molecule has 0 aliphatic rings. The molecule has 1 aromatic heterocycles. The maximum Gasteiger partial charge on any atom is 0.522 e. The normalized spacial score (nSPS) is 11.0. The highest BCUT2D eigenvalue weighted by atomic mass is 79.9. The van der Waals surface area contributed by atoms with E-state index >= 15 is 0 Å². The number of halogens is 7. The van der Waals surface area contributed by atoms with Gasteiger partial charge in [0, 0.05) is 38.0 Å². The van der Waals surface area contributed by atoms with E-state index in [1.165, 1.54) is 22.3 Å². The molecule has 0 amide bonds. The molecule has 1 heterocycles. The summed E-state index contributed by atoms with van der Waals surface area (Å²) in [5.41, 5.74) is 2.91. The van der Waals surface area contributed by atoms with Crippen LogP contribution >= 0.6 is 63.7 Å². The van der Waals surface area contributed by atoms with E-state index in [1.54, 1.807) is 0 Å². The summed E-state index contributed by atoms with van der Waals surface area (Å²) in [5.74, 6) is 2.01. The Morgan fingerprint density at radius 2 is 0.792 bits per heavy atom. The fourth-order valence-corrected chi connectivity index (χ4v) is 5.15. The van der Waals surface area contributed by atoms with Gasteiger partial charge < -0.3 is 0 Å². The number of nitrogens with zero attached hydrogens (tertiary/aromatic N) is 4. The predicted molar refractivity (Wildman–Crippen MR) is 197 cm³/mol. The van der Waals surface area contributed by atoms with Crippen molar-refractivity contribution < 1.29 is 26.1 Å². The molecule has 0 aliphatic carbocycles. The highest BCUT2D eigenvalue weighted by molar-refractivity contribution is 9.09. The molecule has 5 aromatic rings. The van der Waals surface area contributed by atoms with Gasteiger partial charge in [-0.25, -0.2) is 19.8 Å². The van der Waals surface area contributed by atoms with Gasteiger partial charge in [0.15, 0.2) is 23.2 Å². The molecule has 250 valence electrons. The SMILES string of the molecule is BrCc1ccc(-c2nc(-c3ccc(CBr)cc3)nc(-c3ccc(CBr)cc3)n2)cc1.O=S(=O)(O)C(F)(F)F.[C-]#[N+]c1ccc(CBr)cc1. The maximum atomic E-state index is 10.7. The molecule has 0 fully saturated rings. The van der Waals surface area contributed by atoms with Crippen molar-refractivity contribution in [2.24, 2.45) is 0 Å². The summed E-state index contributed by atoms with van der Waals surface area (Å²) in [7, 11) is -5.84. The number of benzene rings is 4. The van der Waals surface area contributed by atoms with Crippen molar-refractivity contribution in [1.29, 1.82) is 0 Å². The zero-order valence-corrected chi connectivity index (χ0v) is 31.8. The van der Waals surface area contributed by atoms with Crippen LogP contribution in [0.15, 0.2) is 97.1 Å². The number of aromatic nitrogens is 3. The average Bonchev–Trinajstić information content (AvgIpc) is 3.11. The van der Waals surface area contributed by atoms with Crippen LogP contribution in [0.25, 0.3) is 39.0 Å². The lowest BCUT2D eigenvalue weighted by Crippen LogP contribution is -2.21. The molecule has 0 radical (unpaired) electrons. The zero-order chi connectivity index (χ0) is 35.3. The van der Waals surface area contributed by atoms with Crippen LogP contribution < -0.4 is 0 Å². The molecule has 0 spiro atoms. The molecule has 48 heavy (non-hydrogen) atoms. The van der Waals surface area contributed by atoms with Crippen molar-refractivity contribution in [2.45, 2.75) is 26.8 Å². The van der Waals surface area contributed by atoms with E-state index in [4.69, 9.17) is 34.5 Å². The van der Waals surface area contributed by atoms with Gasteiger partial charge in [0.25, 0.3) is 0 Å². The van der Waals surface area contributed by atoms with Crippen LogP contribution in [0.2, 0.25) is 0 Å². The van der Waals surface area contributed by atoms with Gasteiger partial charge in [0.2, 0.25) is 0 Å². The van der Waals surface area contributed by atoms with E-state index in [0.29, 0.717) is 23.2 Å². The molecule has 0 unspecified atom stereocenters. The number of hydrogen-bond donors (Lipinski definition) is 1. The zero-order valence-electron chi connectivity index (χ0n) is 24.7. The lowest BCUT2D eigenvalue weighted by atomic mass is 10.1. The summed E-state index contributed by atoms with van der Waals surface area (Å²) < 4.78 is 57.5. The third-order valence-electron chi connectivity index (χ3n) is 6.25. The second-order valence-corrected chi connectivity index (χ2v) is 13.3. The quantitative estimate of drug-likeness (QED) is 0.0756. The van der Waals surface area contributed by atoms with E-state index in [9.17, 15) is 13.2 Å². The van der Waals surface area contributed by atoms with Gasteiger partial charge in [0.05, 0.1) is 6.57 Å². The summed E-state index contributed by atoms with van der Waals surface area (Å²) in [6, 6.07) is 32.4. The summed E-state index contributed by atoms with van der Waals surface area (Å²) in [5, 5.41) is 3.31. The summed E-state index contributed by atoms with van der Waals surface area (Å²) in [4.78, 5) is 17.7. The Hall–Kier alpha value is -3.00. The first-order valence-electron chi connectivity index (χ1n) is 13.6. The summed E-state index contributed by atoms with van der Waals surface area (Å²) in [6.45, 7) is 6.68. The smallest absolute Gasteiger partial charge is 0.279 e. The molecule has 0 aliphatic heterocycles.